The van der Waals surface area contributed by atoms with Gasteiger partial charge in [-0.25, -0.2) is 0 Å². The minimum Gasteiger partial charge on any atom is -0.296 e. The van der Waals surface area contributed by atoms with E-state index in [9.17, 15) is 4.79 Å². The minimum absolute atomic E-state index is 0.309. The van der Waals surface area contributed by atoms with Crippen molar-refractivity contribution in [3.05, 3.63) is 38.8 Å². The van der Waals surface area contributed by atoms with Gasteiger partial charge in [-0.05, 0) is 31.0 Å². The van der Waals surface area contributed by atoms with Gasteiger partial charge in [-0.3, -0.25) is 10.1 Å². The smallest absolute Gasteiger partial charge is 0.259 e. The average Bonchev–Trinajstić information content (AvgIpc) is 2.96. The Kier molecular flexibility index (Phi) is 6.81. The zero-order valence-electron chi connectivity index (χ0n) is 13.1. The van der Waals surface area contributed by atoms with Gasteiger partial charge in [-0.1, -0.05) is 61.2 Å². The van der Waals surface area contributed by atoms with Gasteiger partial charge in [0.05, 0.1) is 10.6 Å². The van der Waals surface area contributed by atoms with Crippen LogP contribution in [0.5, 0.6) is 0 Å². The van der Waals surface area contributed by atoms with E-state index < -0.39 is 0 Å². The molecule has 0 aliphatic carbocycles. The van der Waals surface area contributed by atoms with Crippen molar-refractivity contribution in [1.29, 1.82) is 0 Å². The predicted molar refractivity (Wildman–Crippen MR) is 96.9 cm³/mol. The molecule has 0 spiro atoms. The molecule has 0 bridgehead atoms. The molecule has 0 aliphatic heterocycles. The van der Waals surface area contributed by atoms with Gasteiger partial charge in [0, 0.05) is 10.9 Å². The summed E-state index contributed by atoms with van der Waals surface area (Å²) >= 11 is 13.3. The summed E-state index contributed by atoms with van der Waals surface area (Å²) < 4.78 is 0. The number of halogens is 2. The second-order valence-corrected chi connectivity index (χ2v) is 7.12. The Bertz CT molecular complexity index is 675. The van der Waals surface area contributed by atoms with E-state index in [2.05, 4.69) is 29.4 Å². The molecule has 1 N–H and O–H groups in total. The highest BCUT2D eigenvalue weighted by atomic mass is 35.5. The zero-order valence-corrected chi connectivity index (χ0v) is 15.4. The number of nitrogens with zero attached hydrogens (tertiary/aromatic N) is 2. The number of anilines is 1. The molecule has 1 atom stereocenters. The van der Waals surface area contributed by atoms with Gasteiger partial charge in [0.2, 0.25) is 5.13 Å². The highest BCUT2D eigenvalue weighted by molar-refractivity contribution is 7.15. The lowest BCUT2D eigenvalue weighted by atomic mass is 10.0. The SMILES string of the molecule is CCCC[C@H](CC)c1nnc(NC(=O)c2ccc(Cl)cc2Cl)s1. The maximum absolute atomic E-state index is 12.3. The Morgan fingerprint density at radius 2 is 2.09 bits per heavy atom. The largest absolute Gasteiger partial charge is 0.296 e. The summed E-state index contributed by atoms with van der Waals surface area (Å²) in [5.74, 6) is 0.0909. The highest BCUT2D eigenvalue weighted by Crippen LogP contribution is 2.30. The first-order valence-electron chi connectivity index (χ1n) is 7.64. The van der Waals surface area contributed by atoms with E-state index in [1.54, 1.807) is 18.2 Å². The minimum atomic E-state index is -0.309. The second-order valence-electron chi connectivity index (χ2n) is 5.27. The Morgan fingerprint density at radius 3 is 2.74 bits per heavy atom. The molecule has 1 aromatic carbocycles. The van der Waals surface area contributed by atoms with Crippen LogP contribution in [0.25, 0.3) is 0 Å². The van der Waals surface area contributed by atoms with Crippen LogP contribution in [0.15, 0.2) is 18.2 Å². The van der Waals surface area contributed by atoms with Crippen LogP contribution in [-0.4, -0.2) is 16.1 Å². The van der Waals surface area contributed by atoms with Crippen molar-refractivity contribution in [1.82, 2.24) is 10.2 Å². The molecule has 1 heterocycles. The topological polar surface area (TPSA) is 54.9 Å². The number of carbonyl (C=O) groups is 1. The molecule has 0 aliphatic rings. The standard InChI is InChI=1S/C16H19Cl2N3OS/c1-3-5-6-10(4-2)15-20-21-16(23-15)19-14(22)12-8-7-11(17)9-13(12)18/h7-10H,3-6H2,1-2H3,(H,19,21,22)/t10-/m0/s1. The predicted octanol–water partition coefficient (Wildman–Crippen LogP) is 5.78. The van der Waals surface area contributed by atoms with Crippen LogP contribution >= 0.6 is 34.5 Å². The van der Waals surface area contributed by atoms with Crippen molar-refractivity contribution in [2.24, 2.45) is 0 Å². The molecule has 0 unspecified atom stereocenters. The molecule has 0 fully saturated rings. The number of carbonyl (C=O) groups excluding carboxylic acids is 1. The molecule has 2 rings (SSSR count). The fourth-order valence-electron chi connectivity index (χ4n) is 2.24. The summed E-state index contributed by atoms with van der Waals surface area (Å²) in [6.07, 6.45) is 4.44. The van der Waals surface area contributed by atoms with E-state index in [0.717, 1.165) is 24.3 Å². The van der Waals surface area contributed by atoms with Crippen LogP contribution in [0.1, 0.15) is 60.8 Å². The van der Waals surface area contributed by atoms with Crippen LogP contribution in [0.2, 0.25) is 10.0 Å². The van der Waals surface area contributed by atoms with Crippen LogP contribution in [0.3, 0.4) is 0 Å². The summed E-state index contributed by atoms with van der Waals surface area (Å²) in [6.45, 7) is 4.32. The van der Waals surface area contributed by atoms with Gasteiger partial charge in [0.15, 0.2) is 0 Å². The van der Waals surface area contributed by atoms with Crippen LogP contribution in [0.4, 0.5) is 5.13 Å². The summed E-state index contributed by atoms with van der Waals surface area (Å²) in [5, 5.41) is 13.3. The lowest BCUT2D eigenvalue weighted by Crippen LogP contribution is -2.12. The molecule has 2 aromatic rings. The molecule has 124 valence electrons. The Balaban J connectivity index is 2.07. The third kappa shape index (κ3) is 4.90. The summed E-state index contributed by atoms with van der Waals surface area (Å²) in [6, 6.07) is 4.77. The lowest BCUT2D eigenvalue weighted by molar-refractivity contribution is 0.102. The monoisotopic (exact) mass is 371 g/mol. The van der Waals surface area contributed by atoms with Crippen LogP contribution < -0.4 is 5.32 Å². The van der Waals surface area contributed by atoms with E-state index in [4.69, 9.17) is 23.2 Å². The quantitative estimate of drug-likeness (QED) is 0.670. The number of nitrogens with one attached hydrogen (secondary N) is 1. The van der Waals surface area contributed by atoms with Gasteiger partial charge in [0.25, 0.3) is 5.91 Å². The van der Waals surface area contributed by atoms with Crippen molar-refractivity contribution in [3.63, 3.8) is 0 Å². The molecular weight excluding hydrogens is 353 g/mol. The first kappa shape index (κ1) is 18.2. The number of amides is 1. The number of aromatic nitrogens is 2. The van der Waals surface area contributed by atoms with Crippen molar-refractivity contribution in [2.45, 2.75) is 45.4 Å². The number of hydrogen-bond donors (Lipinski definition) is 1. The van der Waals surface area contributed by atoms with Gasteiger partial charge >= 0.3 is 0 Å². The fourth-order valence-corrected chi connectivity index (χ4v) is 3.69. The molecule has 0 saturated carbocycles. The van der Waals surface area contributed by atoms with Gasteiger partial charge in [-0.2, -0.15) is 0 Å². The van der Waals surface area contributed by atoms with Gasteiger partial charge < -0.3 is 0 Å². The highest BCUT2D eigenvalue weighted by Gasteiger charge is 2.17. The van der Waals surface area contributed by atoms with Crippen molar-refractivity contribution in [3.8, 4) is 0 Å². The molecule has 1 aromatic heterocycles. The van der Waals surface area contributed by atoms with Crippen molar-refractivity contribution < 1.29 is 4.79 Å². The Hall–Kier alpha value is -1.17. The third-order valence-corrected chi connectivity index (χ3v) is 5.13. The molecule has 7 heteroatoms. The number of benzene rings is 1. The maximum Gasteiger partial charge on any atom is 0.259 e. The maximum atomic E-state index is 12.3. The number of rotatable bonds is 7. The number of unbranched alkanes of at least 4 members (excludes halogenated alkanes) is 1. The first-order valence-corrected chi connectivity index (χ1v) is 9.22. The van der Waals surface area contributed by atoms with Crippen LogP contribution in [-0.2, 0) is 0 Å². The molecule has 0 saturated heterocycles. The van der Waals surface area contributed by atoms with Crippen molar-refractivity contribution in [2.75, 3.05) is 5.32 Å². The van der Waals surface area contributed by atoms with Gasteiger partial charge in [0.1, 0.15) is 5.01 Å². The second kappa shape index (κ2) is 8.62. The normalized spacial score (nSPS) is 12.2. The van der Waals surface area contributed by atoms with E-state index in [1.165, 1.54) is 17.8 Å². The van der Waals surface area contributed by atoms with Crippen molar-refractivity contribution >= 4 is 45.6 Å². The lowest BCUT2D eigenvalue weighted by Gasteiger charge is -2.09. The molecular formula is C16H19Cl2N3OS. The zero-order chi connectivity index (χ0) is 16.8. The van der Waals surface area contributed by atoms with E-state index in [1.807, 2.05) is 0 Å². The Morgan fingerprint density at radius 1 is 1.30 bits per heavy atom. The third-order valence-electron chi connectivity index (χ3n) is 3.59. The summed E-state index contributed by atoms with van der Waals surface area (Å²) in [7, 11) is 0. The molecule has 1 amide bonds. The van der Waals surface area contributed by atoms with Crippen LogP contribution in [0, 0.1) is 0 Å². The fraction of sp³-hybridized carbons (Fsp3) is 0.438. The molecule has 4 nitrogen and oxygen atoms in total. The first-order chi connectivity index (χ1) is 11.0. The Labute approximate surface area is 150 Å². The van der Waals surface area contributed by atoms with Gasteiger partial charge in [-0.15, -0.1) is 10.2 Å². The molecule has 0 radical (unpaired) electrons. The van der Waals surface area contributed by atoms with E-state index >= 15 is 0 Å². The molecule has 23 heavy (non-hydrogen) atoms. The summed E-state index contributed by atoms with van der Waals surface area (Å²) in [4.78, 5) is 12.3. The summed E-state index contributed by atoms with van der Waals surface area (Å²) in [5.41, 5.74) is 0.367. The van der Waals surface area contributed by atoms with E-state index in [-0.39, 0.29) is 5.91 Å². The van der Waals surface area contributed by atoms with E-state index in [0.29, 0.717) is 26.7 Å². The average molecular weight is 372 g/mol. The number of hydrogen-bond acceptors (Lipinski definition) is 4.